The highest BCUT2D eigenvalue weighted by atomic mass is 16.5. The summed E-state index contributed by atoms with van der Waals surface area (Å²) in [5.41, 5.74) is 0.758. The zero-order valence-electron chi connectivity index (χ0n) is 14.5. The van der Waals surface area contributed by atoms with Crippen molar-refractivity contribution in [2.24, 2.45) is 5.92 Å². The van der Waals surface area contributed by atoms with Crippen molar-refractivity contribution < 1.29 is 14.1 Å². The van der Waals surface area contributed by atoms with E-state index in [-0.39, 0.29) is 6.03 Å². The molecule has 7 nitrogen and oxygen atoms in total. The van der Waals surface area contributed by atoms with Crippen LogP contribution in [-0.2, 0) is 11.3 Å². The molecule has 0 aliphatic carbocycles. The molecule has 1 N–H and O–H groups in total. The second-order valence-corrected chi connectivity index (χ2v) is 6.43. The fourth-order valence-electron chi connectivity index (χ4n) is 2.83. The van der Waals surface area contributed by atoms with Crippen molar-refractivity contribution in [1.82, 2.24) is 20.3 Å². The molecular formula is C16H28N4O3. The minimum absolute atomic E-state index is 0.0930. The Morgan fingerprint density at radius 1 is 1.43 bits per heavy atom. The van der Waals surface area contributed by atoms with Crippen LogP contribution in [0.4, 0.5) is 4.79 Å². The summed E-state index contributed by atoms with van der Waals surface area (Å²) in [5.74, 6) is 1.22. The molecule has 0 spiro atoms. The van der Waals surface area contributed by atoms with Gasteiger partial charge in [-0.05, 0) is 12.8 Å². The number of amides is 2. The van der Waals surface area contributed by atoms with E-state index in [2.05, 4.69) is 29.2 Å². The number of carbonyl (C=O) groups excluding carboxylic acids is 1. The third-order valence-corrected chi connectivity index (χ3v) is 4.17. The number of hydrogen-bond acceptors (Lipinski definition) is 5. The van der Waals surface area contributed by atoms with Crippen molar-refractivity contribution >= 4 is 6.03 Å². The summed E-state index contributed by atoms with van der Waals surface area (Å²) in [6, 6.07) is 2.07. The lowest BCUT2D eigenvalue weighted by Gasteiger charge is -2.37. The largest absolute Gasteiger partial charge is 0.379 e. The van der Waals surface area contributed by atoms with E-state index >= 15 is 0 Å². The third-order valence-electron chi connectivity index (χ3n) is 4.17. The average Bonchev–Trinajstić information content (AvgIpc) is 2.93. The molecule has 0 radical (unpaired) electrons. The molecule has 2 heterocycles. The van der Waals surface area contributed by atoms with Gasteiger partial charge < -0.3 is 19.5 Å². The molecule has 0 saturated carbocycles. The lowest BCUT2D eigenvalue weighted by molar-refractivity contribution is 0.00697. The van der Waals surface area contributed by atoms with Crippen molar-refractivity contribution in [2.75, 3.05) is 39.9 Å². The van der Waals surface area contributed by atoms with Crippen molar-refractivity contribution in [3.8, 4) is 0 Å². The highest BCUT2D eigenvalue weighted by Gasteiger charge is 2.24. The maximum absolute atomic E-state index is 12.3. The van der Waals surface area contributed by atoms with Gasteiger partial charge >= 0.3 is 6.03 Å². The number of ether oxygens (including phenoxy) is 1. The van der Waals surface area contributed by atoms with Crippen LogP contribution in [-0.4, -0.2) is 66.9 Å². The maximum Gasteiger partial charge on any atom is 0.317 e. The Bertz CT molecular complexity index is 497. The van der Waals surface area contributed by atoms with Crippen molar-refractivity contribution in [2.45, 2.75) is 33.4 Å². The van der Waals surface area contributed by atoms with E-state index in [0.29, 0.717) is 25.0 Å². The molecule has 2 rings (SSSR count). The quantitative estimate of drug-likeness (QED) is 0.858. The average molecular weight is 324 g/mol. The van der Waals surface area contributed by atoms with Gasteiger partial charge in [-0.25, -0.2) is 4.79 Å². The van der Waals surface area contributed by atoms with Crippen molar-refractivity contribution in [3.63, 3.8) is 0 Å². The first-order valence-corrected chi connectivity index (χ1v) is 8.20. The Kier molecular flexibility index (Phi) is 6.41. The number of urea groups is 1. The molecule has 2 amide bonds. The molecule has 1 aliphatic heterocycles. The molecule has 1 aromatic heterocycles. The summed E-state index contributed by atoms with van der Waals surface area (Å²) in [6.07, 6.45) is 0. The van der Waals surface area contributed by atoms with Gasteiger partial charge in [-0.15, -0.1) is 0 Å². The number of nitrogens with one attached hydrogen (secondary N) is 1. The zero-order valence-corrected chi connectivity index (χ0v) is 14.5. The Balaban J connectivity index is 1.82. The first-order chi connectivity index (χ1) is 11.0. The van der Waals surface area contributed by atoms with E-state index < -0.39 is 0 Å². The standard InChI is InChI=1S/C16H28N4O3/c1-12(2)15(20-5-7-22-8-6-20)10-17-16(21)19(4)11-14-9-13(3)23-18-14/h9,12,15H,5-8,10-11H2,1-4H3,(H,17,21)/t15-/m0/s1. The van der Waals surface area contributed by atoms with E-state index in [1.807, 2.05) is 13.0 Å². The second kappa shape index (κ2) is 8.31. The summed E-state index contributed by atoms with van der Waals surface area (Å²) in [5, 5.41) is 6.95. The smallest absolute Gasteiger partial charge is 0.317 e. The lowest BCUT2D eigenvalue weighted by atomic mass is 10.0. The number of morpholine rings is 1. The summed E-state index contributed by atoms with van der Waals surface area (Å²) < 4.78 is 10.4. The van der Waals surface area contributed by atoms with E-state index in [1.54, 1.807) is 11.9 Å². The van der Waals surface area contributed by atoms with E-state index in [1.165, 1.54) is 0 Å². The molecule has 130 valence electrons. The van der Waals surface area contributed by atoms with Crippen LogP contribution in [0.3, 0.4) is 0 Å². The van der Waals surface area contributed by atoms with E-state index in [9.17, 15) is 4.79 Å². The van der Waals surface area contributed by atoms with Crippen LogP contribution < -0.4 is 5.32 Å². The fourth-order valence-corrected chi connectivity index (χ4v) is 2.83. The molecule has 0 unspecified atom stereocenters. The highest BCUT2D eigenvalue weighted by molar-refractivity contribution is 5.73. The van der Waals surface area contributed by atoms with E-state index in [4.69, 9.17) is 9.26 Å². The SMILES string of the molecule is Cc1cc(CN(C)C(=O)NC[C@@H](C(C)C)N2CCOCC2)no1. The monoisotopic (exact) mass is 324 g/mol. The molecule has 1 fully saturated rings. The van der Waals surface area contributed by atoms with Gasteiger partial charge in [0.15, 0.2) is 0 Å². The normalized spacial score (nSPS) is 17.3. The minimum atomic E-state index is -0.0930. The summed E-state index contributed by atoms with van der Waals surface area (Å²) in [4.78, 5) is 16.3. The predicted molar refractivity (Wildman–Crippen MR) is 87.1 cm³/mol. The van der Waals surface area contributed by atoms with Crippen molar-refractivity contribution in [1.29, 1.82) is 0 Å². The molecule has 7 heteroatoms. The highest BCUT2D eigenvalue weighted by Crippen LogP contribution is 2.12. The fraction of sp³-hybridized carbons (Fsp3) is 0.750. The molecule has 1 aliphatic rings. The molecule has 0 aromatic carbocycles. The molecule has 0 bridgehead atoms. The zero-order chi connectivity index (χ0) is 16.8. The summed E-state index contributed by atoms with van der Waals surface area (Å²) in [6.45, 7) is 10.7. The third kappa shape index (κ3) is 5.21. The summed E-state index contributed by atoms with van der Waals surface area (Å²) >= 11 is 0. The van der Waals surface area contributed by atoms with Gasteiger partial charge in [0.1, 0.15) is 11.5 Å². The van der Waals surface area contributed by atoms with Gasteiger partial charge in [0.2, 0.25) is 0 Å². The number of rotatable bonds is 6. The number of carbonyl (C=O) groups is 1. The second-order valence-electron chi connectivity index (χ2n) is 6.43. The summed E-state index contributed by atoms with van der Waals surface area (Å²) in [7, 11) is 1.76. The molecule has 1 atom stereocenters. The van der Waals surface area contributed by atoms with Crippen LogP contribution >= 0.6 is 0 Å². The topological polar surface area (TPSA) is 70.8 Å². The molecular weight excluding hydrogens is 296 g/mol. The number of aromatic nitrogens is 1. The molecule has 1 aromatic rings. The van der Waals surface area contributed by atoms with Gasteiger partial charge in [0, 0.05) is 38.8 Å². The van der Waals surface area contributed by atoms with Crippen molar-refractivity contribution in [3.05, 3.63) is 17.5 Å². The van der Waals surface area contributed by atoms with Crippen LogP contribution in [0.1, 0.15) is 25.3 Å². The van der Waals surface area contributed by atoms with Gasteiger partial charge in [-0.3, -0.25) is 4.90 Å². The predicted octanol–water partition coefficient (Wildman–Crippen LogP) is 1.48. The Morgan fingerprint density at radius 2 is 2.13 bits per heavy atom. The van der Waals surface area contributed by atoms with Crippen LogP contribution in [0.2, 0.25) is 0 Å². The molecule has 1 saturated heterocycles. The van der Waals surface area contributed by atoms with Crippen LogP contribution in [0, 0.1) is 12.8 Å². The van der Waals surface area contributed by atoms with Gasteiger partial charge in [-0.2, -0.15) is 0 Å². The van der Waals surface area contributed by atoms with Gasteiger partial charge in [0.25, 0.3) is 0 Å². The lowest BCUT2D eigenvalue weighted by Crippen LogP contribution is -2.52. The number of nitrogens with zero attached hydrogens (tertiary/aromatic N) is 3. The van der Waals surface area contributed by atoms with Crippen LogP contribution in [0.25, 0.3) is 0 Å². The first-order valence-electron chi connectivity index (χ1n) is 8.20. The maximum atomic E-state index is 12.3. The first kappa shape index (κ1) is 17.7. The van der Waals surface area contributed by atoms with Crippen LogP contribution in [0.15, 0.2) is 10.6 Å². The van der Waals surface area contributed by atoms with Gasteiger partial charge in [0.05, 0.1) is 19.8 Å². The number of aryl methyl sites for hydroxylation is 1. The number of hydrogen-bond donors (Lipinski definition) is 1. The van der Waals surface area contributed by atoms with Gasteiger partial charge in [-0.1, -0.05) is 19.0 Å². The van der Waals surface area contributed by atoms with Crippen LogP contribution in [0.5, 0.6) is 0 Å². The van der Waals surface area contributed by atoms with E-state index in [0.717, 1.165) is 37.8 Å². The molecule has 23 heavy (non-hydrogen) atoms. The Hall–Kier alpha value is -1.60. The Labute approximate surface area is 137 Å². The minimum Gasteiger partial charge on any atom is -0.379 e. The Morgan fingerprint density at radius 3 is 2.70 bits per heavy atom.